The van der Waals surface area contributed by atoms with E-state index in [0.717, 1.165) is 32.6 Å². The van der Waals surface area contributed by atoms with E-state index in [9.17, 15) is 5.11 Å². The van der Waals surface area contributed by atoms with Gasteiger partial charge in [0.15, 0.2) is 0 Å². The Kier molecular flexibility index (Phi) is 5.67. The lowest BCUT2D eigenvalue weighted by atomic mass is 9.80. The van der Waals surface area contributed by atoms with Gasteiger partial charge in [0, 0.05) is 25.2 Å². The summed E-state index contributed by atoms with van der Waals surface area (Å²) in [5.74, 6) is 0. The summed E-state index contributed by atoms with van der Waals surface area (Å²) in [6, 6.07) is 19.3. The van der Waals surface area contributed by atoms with Crippen LogP contribution in [0.5, 0.6) is 0 Å². The van der Waals surface area contributed by atoms with Gasteiger partial charge in [-0.15, -0.1) is 0 Å². The Morgan fingerprint density at radius 3 is 2.25 bits per heavy atom. The third-order valence-corrected chi connectivity index (χ3v) is 5.11. The Morgan fingerprint density at radius 1 is 1.00 bits per heavy atom. The average molecular weight is 325 g/mol. The molecule has 0 saturated carbocycles. The van der Waals surface area contributed by atoms with E-state index >= 15 is 0 Å². The zero-order valence-corrected chi connectivity index (χ0v) is 14.4. The molecule has 24 heavy (non-hydrogen) atoms. The number of nitrogens with one attached hydrogen (secondary N) is 1. The molecule has 0 amide bonds. The molecule has 2 aromatic rings. The average Bonchev–Trinajstić information content (AvgIpc) is 2.65. The molecule has 1 atom stereocenters. The summed E-state index contributed by atoms with van der Waals surface area (Å²) in [7, 11) is 0. The van der Waals surface area contributed by atoms with Gasteiger partial charge in [-0.25, -0.2) is 0 Å². The number of aryl methyl sites for hydroxylation is 1. The van der Waals surface area contributed by atoms with E-state index in [-0.39, 0.29) is 18.1 Å². The van der Waals surface area contributed by atoms with E-state index in [1.807, 2.05) is 6.07 Å². The monoisotopic (exact) mass is 325 g/mol. The van der Waals surface area contributed by atoms with Crippen LogP contribution in [0.3, 0.4) is 0 Å². The number of rotatable bonds is 6. The van der Waals surface area contributed by atoms with Crippen molar-refractivity contribution in [1.82, 2.24) is 5.32 Å². The van der Waals surface area contributed by atoms with Crippen molar-refractivity contribution in [3.8, 4) is 0 Å². The normalized spacial score (nSPS) is 18.2. The molecule has 1 aliphatic rings. The first-order chi connectivity index (χ1) is 11.7. The number of hydrogen-bond acceptors (Lipinski definition) is 3. The van der Waals surface area contributed by atoms with Crippen molar-refractivity contribution in [2.24, 2.45) is 5.41 Å². The highest BCUT2D eigenvalue weighted by Gasteiger charge is 2.32. The number of ether oxygens (including phenoxy) is 1. The molecule has 2 N–H and O–H groups in total. The second-order valence-electron chi connectivity index (χ2n) is 6.91. The van der Waals surface area contributed by atoms with E-state index in [0.29, 0.717) is 0 Å². The van der Waals surface area contributed by atoms with Crippen molar-refractivity contribution < 1.29 is 9.84 Å². The smallest absolute Gasteiger partial charge is 0.0576 e. The highest BCUT2D eigenvalue weighted by molar-refractivity contribution is 5.33. The van der Waals surface area contributed by atoms with Crippen LogP contribution in [0.15, 0.2) is 54.6 Å². The lowest BCUT2D eigenvalue weighted by Gasteiger charge is -2.37. The Morgan fingerprint density at radius 2 is 1.62 bits per heavy atom. The Balaban J connectivity index is 1.81. The number of hydrogen-bond donors (Lipinski definition) is 2. The van der Waals surface area contributed by atoms with Crippen molar-refractivity contribution in [2.45, 2.75) is 25.8 Å². The molecule has 3 rings (SSSR count). The lowest BCUT2D eigenvalue weighted by Crippen LogP contribution is -2.43. The first-order valence-electron chi connectivity index (χ1n) is 8.76. The van der Waals surface area contributed by atoms with Gasteiger partial charge in [-0.2, -0.15) is 0 Å². The van der Waals surface area contributed by atoms with Crippen LogP contribution >= 0.6 is 0 Å². The van der Waals surface area contributed by atoms with E-state index in [4.69, 9.17) is 4.74 Å². The van der Waals surface area contributed by atoms with Crippen LogP contribution in [0.4, 0.5) is 0 Å². The lowest BCUT2D eigenvalue weighted by molar-refractivity contribution is -0.0160. The molecule has 1 saturated heterocycles. The summed E-state index contributed by atoms with van der Waals surface area (Å²) in [5, 5.41) is 13.7. The maximum atomic E-state index is 9.94. The molecule has 128 valence electrons. The van der Waals surface area contributed by atoms with Gasteiger partial charge < -0.3 is 15.2 Å². The molecule has 1 fully saturated rings. The van der Waals surface area contributed by atoms with Crippen LogP contribution < -0.4 is 5.32 Å². The van der Waals surface area contributed by atoms with Gasteiger partial charge >= 0.3 is 0 Å². The first kappa shape index (κ1) is 17.2. The van der Waals surface area contributed by atoms with Gasteiger partial charge in [-0.3, -0.25) is 0 Å². The molecule has 3 nitrogen and oxygen atoms in total. The van der Waals surface area contributed by atoms with Gasteiger partial charge in [-0.05, 0) is 30.9 Å². The van der Waals surface area contributed by atoms with Crippen LogP contribution in [0, 0.1) is 12.3 Å². The van der Waals surface area contributed by atoms with Gasteiger partial charge in [0.1, 0.15) is 0 Å². The molecular weight excluding hydrogens is 298 g/mol. The van der Waals surface area contributed by atoms with Gasteiger partial charge in [-0.1, -0.05) is 60.2 Å². The quantitative estimate of drug-likeness (QED) is 0.854. The fourth-order valence-corrected chi connectivity index (χ4v) is 3.35. The zero-order valence-electron chi connectivity index (χ0n) is 14.4. The fourth-order valence-electron chi connectivity index (χ4n) is 3.35. The second-order valence-corrected chi connectivity index (χ2v) is 6.91. The van der Waals surface area contributed by atoms with Crippen LogP contribution in [0.1, 0.15) is 35.6 Å². The minimum Gasteiger partial charge on any atom is -0.396 e. The highest BCUT2D eigenvalue weighted by atomic mass is 16.5. The summed E-state index contributed by atoms with van der Waals surface area (Å²) >= 11 is 0. The predicted molar refractivity (Wildman–Crippen MR) is 97.0 cm³/mol. The SMILES string of the molecule is Cc1ccc(C(NCC2(CO)CCOCC2)c2ccccc2)cc1. The molecule has 1 aliphatic heterocycles. The topological polar surface area (TPSA) is 41.5 Å². The Labute approximate surface area is 144 Å². The molecule has 0 spiro atoms. The van der Waals surface area contributed by atoms with Gasteiger partial charge in [0.05, 0.1) is 12.6 Å². The minimum absolute atomic E-state index is 0.0734. The molecule has 2 aromatic carbocycles. The Hall–Kier alpha value is -1.68. The molecule has 3 heteroatoms. The van der Waals surface area contributed by atoms with Crippen LogP contribution in [0.25, 0.3) is 0 Å². The van der Waals surface area contributed by atoms with Crippen LogP contribution in [-0.2, 0) is 4.74 Å². The maximum Gasteiger partial charge on any atom is 0.0576 e. The third-order valence-electron chi connectivity index (χ3n) is 5.11. The molecule has 1 heterocycles. The van der Waals surface area contributed by atoms with E-state index in [1.165, 1.54) is 16.7 Å². The summed E-state index contributed by atoms with van der Waals surface area (Å²) in [5.41, 5.74) is 3.70. The summed E-state index contributed by atoms with van der Waals surface area (Å²) in [6.45, 7) is 4.59. The predicted octanol–water partition coefficient (Wildman–Crippen LogP) is 3.46. The molecule has 0 radical (unpaired) electrons. The first-order valence-corrected chi connectivity index (χ1v) is 8.76. The van der Waals surface area contributed by atoms with Gasteiger partial charge in [0.2, 0.25) is 0 Å². The fraction of sp³-hybridized carbons (Fsp3) is 0.429. The van der Waals surface area contributed by atoms with Gasteiger partial charge in [0.25, 0.3) is 0 Å². The van der Waals surface area contributed by atoms with E-state index < -0.39 is 0 Å². The molecular formula is C21H27NO2. The van der Waals surface area contributed by atoms with Crippen molar-refractivity contribution in [3.05, 3.63) is 71.3 Å². The summed E-state index contributed by atoms with van der Waals surface area (Å²) < 4.78 is 5.48. The molecule has 0 bridgehead atoms. The maximum absolute atomic E-state index is 9.94. The standard InChI is InChI=1S/C21H27NO2/c1-17-7-9-19(10-8-17)20(18-5-3-2-4-6-18)22-15-21(16-23)11-13-24-14-12-21/h2-10,20,22-23H,11-16H2,1H3. The number of aliphatic hydroxyl groups is 1. The van der Waals surface area contributed by atoms with E-state index in [1.54, 1.807) is 0 Å². The highest BCUT2D eigenvalue weighted by Crippen LogP contribution is 2.31. The van der Waals surface area contributed by atoms with Crippen LogP contribution in [-0.4, -0.2) is 31.5 Å². The Bertz CT molecular complexity index is 618. The summed E-state index contributed by atoms with van der Waals surface area (Å²) in [4.78, 5) is 0. The van der Waals surface area contributed by atoms with Crippen molar-refractivity contribution in [2.75, 3.05) is 26.4 Å². The van der Waals surface area contributed by atoms with Crippen molar-refractivity contribution in [1.29, 1.82) is 0 Å². The van der Waals surface area contributed by atoms with Crippen molar-refractivity contribution >= 4 is 0 Å². The number of aliphatic hydroxyl groups excluding tert-OH is 1. The zero-order chi connectivity index (χ0) is 16.8. The largest absolute Gasteiger partial charge is 0.396 e. The molecule has 0 aromatic heterocycles. The molecule has 0 aliphatic carbocycles. The van der Waals surface area contributed by atoms with Crippen LogP contribution in [0.2, 0.25) is 0 Å². The minimum atomic E-state index is -0.0734. The second kappa shape index (κ2) is 7.93. The molecule has 1 unspecified atom stereocenters. The third kappa shape index (κ3) is 4.04. The number of benzene rings is 2. The van der Waals surface area contributed by atoms with Crippen molar-refractivity contribution in [3.63, 3.8) is 0 Å². The summed E-state index contributed by atoms with van der Waals surface area (Å²) in [6.07, 6.45) is 1.82. The van der Waals surface area contributed by atoms with E-state index in [2.05, 4.69) is 60.8 Å².